The van der Waals surface area contributed by atoms with Crippen LogP contribution in [-0.4, -0.2) is 15.2 Å². The Morgan fingerprint density at radius 3 is 2.60 bits per heavy atom. The first-order valence-corrected chi connectivity index (χ1v) is 5.04. The topological polar surface area (TPSA) is 42.9 Å². The lowest BCUT2D eigenvalue weighted by Crippen LogP contribution is -1.91. The Morgan fingerprint density at radius 2 is 1.93 bits per heavy atom. The molecule has 0 atom stereocenters. The monoisotopic (exact) mass is 260 g/mol. The van der Waals surface area contributed by atoms with Crippen LogP contribution in [0.4, 0.5) is 0 Å². The molecule has 0 bridgehead atoms. The molecule has 3 nitrogen and oxygen atoms in total. The second-order valence-electron chi connectivity index (χ2n) is 2.79. The van der Waals surface area contributed by atoms with Crippen molar-refractivity contribution in [1.29, 1.82) is 0 Å². The van der Waals surface area contributed by atoms with Crippen LogP contribution in [0.2, 0.25) is 10.4 Å². The maximum absolute atomic E-state index is 10.9. The molecule has 0 saturated heterocycles. The summed E-state index contributed by atoms with van der Waals surface area (Å²) >= 11 is 16.8. The zero-order valence-electron chi connectivity index (χ0n) is 7.17. The van der Waals surface area contributed by atoms with Crippen LogP contribution >= 0.6 is 34.8 Å². The van der Waals surface area contributed by atoms with E-state index in [1.807, 2.05) is 0 Å². The molecule has 0 amide bonds. The molecule has 0 radical (unpaired) electrons. The Morgan fingerprint density at radius 1 is 1.20 bits per heavy atom. The first-order valence-electron chi connectivity index (χ1n) is 3.90. The van der Waals surface area contributed by atoms with Crippen molar-refractivity contribution in [2.45, 2.75) is 0 Å². The van der Waals surface area contributed by atoms with Gasteiger partial charge in [-0.3, -0.25) is 4.79 Å². The number of carbonyl (C=O) groups is 1. The second kappa shape index (κ2) is 3.93. The highest BCUT2D eigenvalue weighted by Crippen LogP contribution is 2.23. The van der Waals surface area contributed by atoms with Gasteiger partial charge in [-0.25, -0.2) is 9.97 Å². The number of nitrogens with zero attached hydrogens (tertiary/aromatic N) is 2. The van der Waals surface area contributed by atoms with E-state index in [-0.39, 0.29) is 10.4 Å². The molecule has 0 fully saturated rings. The number of aromatic nitrogens is 2. The molecule has 0 N–H and O–H groups in total. The van der Waals surface area contributed by atoms with Crippen molar-refractivity contribution >= 4 is 50.9 Å². The summed E-state index contributed by atoms with van der Waals surface area (Å²) in [6.07, 6.45) is 0. The molecule has 2 rings (SSSR count). The summed E-state index contributed by atoms with van der Waals surface area (Å²) in [5.41, 5.74) is 0.915. The lowest BCUT2D eigenvalue weighted by atomic mass is 10.2. The first kappa shape index (κ1) is 10.6. The molecule has 1 aromatic heterocycles. The summed E-state index contributed by atoms with van der Waals surface area (Å²) in [4.78, 5) is 18.6. The average molecular weight is 261 g/mol. The van der Waals surface area contributed by atoms with E-state index in [0.29, 0.717) is 16.5 Å². The van der Waals surface area contributed by atoms with E-state index in [9.17, 15) is 4.79 Å². The van der Waals surface area contributed by atoms with Gasteiger partial charge in [0.25, 0.3) is 5.24 Å². The van der Waals surface area contributed by atoms with Crippen LogP contribution in [0.5, 0.6) is 0 Å². The number of carbonyl (C=O) groups excluding carboxylic acids is 1. The summed E-state index contributed by atoms with van der Waals surface area (Å²) in [6, 6.07) is 4.70. The lowest BCUT2D eigenvalue weighted by Gasteiger charge is -2.01. The maximum atomic E-state index is 10.9. The van der Waals surface area contributed by atoms with Crippen molar-refractivity contribution in [2.75, 3.05) is 0 Å². The zero-order chi connectivity index (χ0) is 11.0. The molecular formula is C9H3Cl3N2O. The highest BCUT2D eigenvalue weighted by Gasteiger charge is 2.08. The second-order valence-corrected chi connectivity index (χ2v) is 3.83. The molecule has 0 spiro atoms. The fraction of sp³-hybridized carbons (Fsp3) is 0. The van der Waals surface area contributed by atoms with Gasteiger partial charge in [0, 0.05) is 10.9 Å². The molecule has 1 heterocycles. The van der Waals surface area contributed by atoms with E-state index in [0.717, 1.165) is 0 Å². The van der Waals surface area contributed by atoms with Crippen molar-refractivity contribution in [3.8, 4) is 0 Å². The highest BCUT2D eigenvalue weighted by atomic mass is 35.5. The van der Waals surface area contributed by atoms with E-state index in [1.54, 1.807) is 12.1 Å². The van der Waals surface area contributed by atoms with Crippen LogP contribution in [0.3, 0.4) is 0 Å². The summed E-state index contributed by atoms with van der Waals surface area (Å²) in [7, 11) is 0. The van der Waals surface area contributed by atoms with Crippen LogP contribution < -0.4 is 0 Å². The molecule has 0 aliphatic rings. The third-order valence-corrected chi connectivity index (χ3v) is 2.52. The SMILES string of the molecule is O=C(Cl)c1ccc2nc(Cl)nc(Cl)c2c1. The van der Waals surface area contributed by atoms with E-state index in [4.69, 9.17) is 34.8 Å². The van der Waals surface area contributed by atoms with Crippen molar-refractivity contribution in [3.05, 3.63) is 34.2 Å². The van der Waals surface area contributed by atoms with Crippen LogP contribution in [-0.2, 0) is 0 Å². The Kier molecular flexibility index (Phi) is 2.78. The van der Waals surface area contributed by atoms with Crippen molar-refractivity contribution in [3.63, 3.8) is 0 Å². The largest absolute Gasteiger partial charge is 0.276 e. The Balaban J connectivity index is 2.76. The van der Waals surface area contributed by atoms with Gasteiger partial charge in [-0.05, 0) is 41.4 Å². The Hall–Kier alpha value is -0.900. The molecule has 0 aliphatic heterocycles. The minimum absolute atomic E-state index is 0.0671. The molecule has 2 aromatic rings. The molecular weight excluding hydrogens is 258 g/mol. The standard InChI is InChI=1S/C9H3Cl3N2O/c10-7-5-3-4(8(11)15)1-2-6(5)13-9(12)14-7/h1-3H. The van der Waals surface area contributed by atoms with Gasteiger partial charge in [-0.15, -0.1) is 0 Å². The molecule has 76 valence electrons. The van der Waals surface area contributed by atoms with Crippen LogP contribution in [0, 0.1) is 0 Å². The molecule has 0 saturated carbocycles. The van der Waals surface area contributed by atoms with E-state index >= 15 is 0 Å². The quantitative estimate of drug-likeness (QED) is 0.449. The van der Waals surface area contributed by atoms with Gasteiger partial charge in [-0.1, -0.05) is 11.6 Å². The number of fused-ring (bicyclic) bond motifs is 1. The van der Waals surface area contributed by atoms with Crippen molar-refractivity contribution in [2.24, 2.45) is 0 Å². The van der Waals surface area contributed by atoms with Crippen LogP contribution in [0.15, 0.2) is 18.2 Å². The number of benzene rings is 1. The Bertz CT molecular complexity index is 556. The molecule has 0 aliphatic carbocycles. The Labute approximate surface area is 100.0 Å². The predicted molar refractivity (Wildman–Crippen MR) is 59.7 cm³/mol. The molecule has 0 unspecified atom stereocenters. The fourth-order valence-electron chi connectivity index (χ4n) is 1.19. The zero-order valence-corrected chi connectivity index (χ0v) is 9.44. The summed E-state index contributed by atoms with van der Waals surface area (Å²) in [5.74, 6) is 0. The van der Waals surface area contributed by atoms with Gasteiger partial charge < -0.3 is 0 Å². The van der Waals surface area contributed by atoms with Gasteiger partial charge in [-0.2, -0.15) is 0 Å². The van der Waals surface area contributed by atoms with Gasteiger partial charge in [0.1, 0.15) is 5.15 Å². The van der Waals surface area contributed by atoms with E-state index in [2.05, 4.69) is 9.97 Å². The third kappa shape index (κ3) is 2.04. The average Bonchev–Trinajstić information content (AvgIpc) is 2.16. The van der Waals surface area contributed by atoms with Gasteiger partial charge in [0.05, 0.1) is 5.52 Å². The van der Waals surface area contributed by atoms with Crippen LogP contribution in [0.25, 0.3) is 10.9 Å². The normalized spacial score (nSPS) is 10.6. The molecule has 6 heteroatoms. The molecule has 15 heavy (non-hydrogen) atoms. The van der Waals surface area contributed by atoms with Crippen molar-refractivity contribution < 1.29 is 4.79 Å². The summed E-state index contributed by atoms with van der Waals surface area (Å²) < 4.78 is 0. The highest BCUT2D eigenvalue weighted by molar-refractivity contribution is 6.67. The minimum atomic E-state index is -0.553. The van der Waals surface area contributed by atoms with E-state index in [1.165, 1.54) is 6.07 Å². The number of hydrogen-bond acceptors (Lipinski definition) is 3. The van der Waals surface area contributed by atoms with Crippen LogP contribution in [0.1, 0.15) is 10.4 Å². The lowest BCUT2D eigenvalue weighted by molar-refractivity contribution is 0.108. The third-order valence-electron chi connectivity index (χ3n) is 1.85. The number of hydrogen-bond donors (Lipinski definition) is 0. The number of halogens is 3. The first-order chi connectivity index (χ1) is 7.08. The number of rotatable bonds is 1. The summed E-state index contributed by atoms with van der Waals surface area (Å²) in [5, 5.41) is 0.262. The van der Waals surface area contributed by atoms with Gasteiger partial charge in [0.2, 0.25) is 5.28 Å². The predicted octanol–water partition coefficient (Wildman–Crippen LogP) is 3.32. The molecule has 1 aromatic carbocycles. The summed E-state index contributed by atoms with van der Waals surface area (Å²) in [6.45, 7) is 0. The van der Waals surface area contributed by atoms with Gasteiger partial charge >= 0.3 is 0 Å². The maximum Gasteiger partial charge on any atom is 0.252 e. The minimum Gasteiger partial charge on any atom is -0.276 e. The fourth-order valence-corrected chi connectivity index (χ4v) is 1.75. The smallest absolute Gasteiger partial charge is 0.252 e. The van der Waals surface area contributed by atoms with E-state index < -0.39 is 5.24 Å². The van der Waals surface area contributed by atoms with Crippen molar-refractivity contribution in [1.82, 2.24) is 9.97 Å². The van der Waals surface area contributed by atoms with Gasteiger partial charge in [0.15, 0.2) is 0 Å².